The van der Waals surface area contributed by atoms with Crippen molar-refractivity contribution in [2.45, 2.75) is 19.9 Å². The minimum Gasteiger partial charge on any atom is -0.345 e. The first-order chi connectivity index (χ1) is 10.5. The molecule has 0 aliphatic carbocycles. The van der Waals surface area contributed by atoms with E-state index in [1.165, 1.54) is 11.6 Å². The normalized spacial score (nSPS) is 11.1. The average Bonchev–Trinajstić information content (AvgIpc) is 2.97. The van der Waals surface area contributed by atoms with E-state index in [0.717, 1.165) is 5.69 Å². The maximum atomic E-state index is 12.5. The lowest BCUT2D eigenvalue weighted by molar-refractivity contribution is -0.124. The summed E-state index contributed by atoms with van der Waals surface area (Å²) in [7, 11) is 0. The maximum absolute atomic E-state index is 12.5. The first-order valence-corrected chi connectivity index (χ1v) is 6.96. The van der Waals surface area contributed by atoms with Crippen LogP contribution in [0.5, 0.6) is 0 Å². The standard InChI is InChI=1S/C17H18N2O3/c1-12(2)19-11-14(10-15(19)8-9-16(20)18-22)17(21)13-6-4-3-5-7-13/h3-12,22H,1-2H3,(H,18,20)/b9-8+. The molecule has 0 aliphatic rings. The number of benzene rings is 1. The minimum atomic E-state index is -0.618. The van der Waals surface area contributed by atoms with Crippen LogP contribution in [0, 0.1) is 0 Å². The summed E-state index contributed by atoms with van der Waals surface area (Å²) in [6, 6.07) is 10.9. The van der Waals surface area contributed by atoms with Crippen molar-refractivity contribution in [2.24, 2.45) is 0 Å². The van der Waals surface area contributed by atoms with Crippen LogP contribution in [0.2, 0.25) is 0 Å². The van der Waals surface area contributed by atoms with Gasteiger partial charge in [0, 0.05) is 35.1 Å². The van der Waals surface area contributed by atoms with Crippen molar-refractivity contribution in [1.29, 1.82) is 0 Å². The number of amides is 1. The van der Waals surface area contributed by atoms with Gasteiger partial charge in [-0.25, -0.2) is 5.48 Å². The lowest BCUT2D eigenvalue weighted by Gasteiger charge is -2.09. The van der Waals surface area contributed by atoms with Crippen molar-refractivity contribution in [3.63, 3.8) is 0 Å². The van der Waals surface area contributed by atoms with E-state index in [9.17, 15) is 9.59 Å². The summed E-state index contributed by atoms with van der Waals surface area (Å²) in [5.41, 5.74) is 3.43. The molecule has 5 heteroatoms. The van der Waals surface area contributed by atoms with E-state index < -0.39 is 5.91 Å². The van der Waals surface area contributed by atoms with Crippen LogP contribution in [0.4, 0.5) is 0 Å². The summed E-state index contributed by atoms with van der Waals surface area (Å²) in [5.74, 6) is -0.686. The Labute approximate surface area is 128 Å². The highest BCUT2D eigenvalue weighted by molar-refractivity contribution is 6.09. The highest BCUT2D eigenvalue weighted by Gasteiger charge is 2.14. The van der Waals surface area contributed by atoms with Gasteiger partial charge in [0.1, 0.15) is 0 Å². The Morgan fingerprint density at radius 1 is 1.18 bits per heavy atom. The van der Waals surface area contributed by atoms with Crippen LogP contribution in [0.3, 0.4) is 0 Å². The van der Waals surface area contributed by atoms with E-state index in [-0.39, 0.29) is 11.8 Å². The second kappa shape index (κ2) is 6.87. The van der Waals surface area contributed by atoms with Crippen molar-refractivity contribution in [3.8, 4) is 0 Å². The fraction of sp³-hybridized carbons (Fsp3) is 0.176. The lowest BCUT2D eigenvalue weighted by Crippen LogP contribution is -2.15. The lowest BCUT2D eigenvalue weighted by atomic mass is 10.1. The molecule has 1 aromatic carbocycles. The monoisotopic (exact) mass is 298 g/mol. The van der Waals surface area contributed by atoms with Crippen molar-refractivity contribution in [3.05, 3.63) is 65.5 Å². The van der Waals surface area contributed by atoms with Gasteiger partial charge in [-0.15, -0.1) is 0 Å². The molecule has 0 fully saturated rings. The Morgan fingerprint density at radius 3 is 2.45 bits per heavy atom. The number of hydrogen-bond acceptors (Lipinski definition) is 3. The third kappa shape index (κ3) is 3.51. The van der Waals surface area contributed by atoms with Crippen molar-refractivity contribution in [2.75, 3.05) is 0 Å². The van der Waals surface area contributed by atoms with Gasteiger partial charge in [0.25, 0.3) is 5.91 Å². The zero-order chi connectivity index (χ0) is 16.1. The SMILES string of the molecule is CC(C)n1cc(C(=O)c2ccccc2)cc1/C=C/C(=O)NO. The molecule has 0 aliphatic heterocycles. The Bertz CT molecular complexity index is 700. The van der Waals surface area contributed by atoms with E-state index in [0.29, 0.717) is 11.1 Å². The van der Waals surface area contributed by atoms with Crippen LogP contribution in [-0.4, -0.2) is 21.5 Å². The van der Waals surface area contributed by atoms with E-state index in [4.69, 9.17) is 5.21 Å². The smallest absolute Gasteiger partial charge is 0.267 e. The Morgan fingerprint density at radius 2 is 1.86 bits per heavy atom. The van der Waals surface area contributed by atoms with E-state index in [2.05, 4.69) is 0 Å². The predicted molar refractivity (Wildman–Crippen MR) is 83.7 cm³/mol. The zero-order valence-corrected chi connectivity index (χ0v) is 12.5. The molecule has 0 bridgehead atoms. The molecular weight excluding hydrogens is 280 g/mol. The van der Waals surface area contributed by atoms with Crippen molar-refractivity contribution >= 4 is 17.8 Å². The second-order valence-corrected chi connectivity index (χ2v) is 5.16. The summed E-state index contributed by atoms with van der Waals surface area (Å²) < 4.78 is 1.90. The highest BCUT2D eigenvalue weighted by atomic mass is 16.5. The zero-order valence-electron chi connectivity index (χ0n) is 12.5. The van der Waals surface area contributed by atoms with E-state index in [1.807, 2.05) is 36.6 Å². The van der Waals surface area contributed by atoms with Gasteiger partial charge in [0.2, 0.25) is 0 Å². The van der Waals surface area contributed by atoms with Gasteiger partial charge in [-0.3, -0.25) is 14.8 Å². The summed E-state index contributed by atoms with van der Waals surface area (Å²) >= 11 is 0. The van der Waals surface area contributed by atoms with Crippen LogP contribution < -0.4 is 5.48 Å². The Balaban J connectivity index is 2.36. The molecule has 1 aromatic heterocycles. The average molecular weight is 298 g/mol. The fourth-order valence-corrected chi connectivity index (χ4v) is 2.16. The number of aromatic nitrogens is 1. The number of nitrogens with one attached hydrogen (secondary N) is 1. The predicted octanol–water partition coefficient (Wildman–Crippen LogP) is 2.82. The topological polar surface area (TPSA) is 71.3 Å². The molecule has 0 saturated carbocycles. The molecule has 22 heavy (non-hydrogen) atoms. The van der Waals surface area contributed by atoms with Crippen LogP contribution in [-0.2, 0) is 4.79 Å². The van der Waals surface area contributed by atoms with Gasteiger partial charge in [-0.1, -0.05) is 30.3 Å². The number of nitrogens with zero attached hydrogens (tertiary/aromatic N) is 1. The molecule has 0 radical (unpaired) electrons. The number of carbonyl (C=O) groups is 2. The molecule has 0 atom stereocenters. The molecule has 0 unspecified atom stereocenters. The van der Waals surface area contributed by atoms with Gasteiger partial charge in [-0.2, -0.15) is 0 Å². The van der Waals surface area contributed by atoms with Gasteiger partial charge in [0.15, 0.2) is 5.78 Å². The van der Waals surface area contributed by atoms with Gasteiger partial charge < -0.3 is 4.57 Å². The summed E-state index contributed by atoms with van der Waals surface area (Å²) in [6.07, 6.45) is 4.55. The largest absolute Gasteiger partial charge is 0.345 e. The number of carbonyl (C=O) groups excluding carboxylic acids is 2. The van der Waals surface area contributed by atoms with Gasteiger partial charge in [-0.05, 0) is 26.0 Å². The summed E-state index contributed by atoms with van der Waals surface area (Å²) in [5, 5.41) is 8.52. The summed E-state index contributed by atoms with van der Waals surface area (Å²) in [6.45, 7) is 3.97. The highest BCUT2D eigenvalue weighted by Crippen LogP contribution is 2.19. The molecule has 1 heterocycles. The maximum Gasteiger partial charge on any atom is 0.267 e. The number of hydroxylamine groups is 1. The fourth-order valence-electron chi connectivity index (χ4n) is 2.16. The molecule has 1 amide bonds. The molecular formula is C17H18N2O3. The number of hydrogen-bond donors (Lipinski definition) is 2. The Hall–Kier alpha value is -2.66. The number of ketones is 1. The summed E-state index contributed by atoms with van der Waals surface area (Å²) in [4.78, 5) is 23.6. The van der Waals surface area contributed by atoms with Gasteiger partial charge in [0.05, 0.1) is 0 Å². The van der Waals surface area contributed by atoms with Crippen LogP contribution in [0.1, 0.15) is 41.5 Å². The first-order valence-electron chi connectivity index (χ1n) is 6.96. The van der Waals surface area contributed by atoms with Crippen LogP contribution in [0.25, 0.3) is 6.08 Å². The minimum absolute atomic E-state index is 0.0683. The molecule has 0 saturated heterocycles. The van der Waals surface area contributed by atoms with Gasteiger partial charge >= 0.3 is 0 Å². The third-order valence-corrected chi connectivity index (χ3v) is 3.25. The molecule has 2 rings (SSSR count). The molecule has 5 nitrogen and oxygen atoms in total. The van der Waals surface area contributed by atoms with Crippen molar-refractivity contribution < 1.29 is 14.8 Å². The van der Waals surface area contributed by atoms with Crippen molar-refractivity contribution in [1.82, 2.24) is 10.0 Å². The third-order valence-electron chi connectivity index (χ3n) is 3.25. The van der Waals surface area contributed by atoms with Crippen LogP contribution >= 0.6 is 0 Å². The molecule has 2 aromatic rings. The number of rotatable bonds is 5. The Kier molecular flexibility index (Phi) is 4.91. The first kappa shape index (κ1) is 15.7. The van der Waals surface area contributed by atoms with Crippen LogP contribution in [0.15, 0.2) is 48.7 Å². The molecule has 0 spiro atoms. The quantitative estimate of drug-likeness (QED) is 0.386. The van der Waals surface area contributed by atoms with E-state index >= 15 is 0 Å². The molecule has 2 N–H and O–H groups in total. The second-order valence-electron chi connectivity index (χ2n) is 5.16. The molecule has 114 valence electrons. The van der Waals surface area contributed by atoms with E-state index in [1.54, 1.807) is 30.5 Å².